The third-order valence-electron chi connectivity index (χ3n) is 2.34. The number of rotatable bonds is 5. The zero-order valence-corrected chi connectivity index (χ0v) is 9.61. The molecule has 7 nitrogen and oxygen atoms in total. The van der Waals surface area contributed by atoms with E-state index in [9.17, 15) is 4.79 Å². The van der Waals surface area contributed by atoms with Crippen LogP contribution < -0.4 is 11.1 Å². The molecule has 1 aliphatic rings. The van der Waals surface area contributed by atoms with Crippen molar-refractivity contribution in [2.24, 2.45) is 5.73 Å². The third kappa shape index (κ3) is 2.70. The van der Waals surface area contributed by atoms with Crippen LogP contribution in [0, 0.1) is 0 Å². The molecule has 1 amide bonds. The summed E-state index contributed by atoms with van der Waals surface area (Å²) < 4.78 is 1.68. The Kier molecular flexibility index (Phi) is 3.73. The largest absolute Gasteiger partial charge is 0.353 e. The molecule has 1 aromatic heterocycles. The normalized spacial score (nSPS) is 20.1. The van der Waals surface area contributed by atoms with Gasteiger partial charge in [0.1, 0.15) is 0 Å². The molecular formula is C8H14N6OS. The molecule has 8 heteroatoms. The maximum Gasteiger partial charge on any atom is 0.220 e. The lowest BCUT2D eigenvalue weighted by Gasteiger charge is -2.08. The summed E-state index contributed by atoms with van der Waals surface area (Å²) in [6.07, 6.45) is 1.52. The Morgan fingerprint density at radius 1 is 1.62 bits per heavy atom. The number of hydrogen-bond donors (Lipinski definition) is 2. The summed E-state index contributed by atoms with van der Waals surface area (Å²) in [5, 5.41) is 15.0. The van der Waals surface area contributed by atoms with Gasteiger partial charge in [0.2, 0.25) is 11.1 Å². The summed E-state index contributed by atoms with van der Waals surface area (Å²) >= 11 is 1.55. The highest BCUT2D eigenvalue weighted by atomic mass is 32.2. The molecule has 0 spiro atoms. The van der Waals surface area contributed by atoms with Crippen molar-refractivity contribution in [2.75, 3.05) is 12.3 Å². The molecule has 2 rings (SSSR count). The van der Waals surface area contributed by atoms with Gasteiger partial charge in [-0.1, -0.05) is 11.8 Å². The van der Waals surface area contributed by atoms with Gasteiger partial charge in [0.25, 0.3) is 0 Å². The average molecular weight is 242 g/mol. The molecule has 2 heterocycles. The van der Waals surface area contributed by atoms with E-state index in [0.29, 0.717) is 19.5 Å². The number of amides is 1. The lowest BCUT2D eigenvalue weighted by Crippen LogP contribution is -2.27. The molecular weight excluding hydrogens is 228 g/mol. The minimum absolute atomic E-state index is 0.132. The number of tetrazole rings is 1. The lowest BCUT2D eigenvalue weighted by molar-refractivity contribution is -0.119. The zero-order chi connectivity index (χ0) is 11.4. The molecule has 1 aliphatic heterocycles. The van der Waals surface area contributed by atoms with Gasteiger partial charge in [-0.25, -0.2) is 4.68 Å². The van der Waals surface area contributed by atoms with Gasteiger partial charge in [-0.3, -0.25) is 4.79 Å². The summed E-state index contributed by atoms with van der Waals surface area (Å²) in [5.74, 6) is 0.934. The van der Waals surface area contributed by atoms with Gasteiger partial charge in [-0.2, -0.15) is 0 Å². The number of nitrogens with one attached hydrogen (secondary N) is 1. The van der Waals surface area contributed by atoms with Crippen molar-refractivity contribution < 1.29 is 4.79 Å². The minimum Gasteiger partial charge on any atom is -0.353 e. The van der Waals surface area contributed by atoms with E-state index < -0.39 is 0 Å². The number of nitrogens with two attached hydrogens (primary N) is 1. The Morgan fingerprint density at radius 3 is 3.19 bits per heavy atom. The molecule has 1 atom stereocenters. The van der Waals surface area contributed by atoms with Gasteiger partial charge in [0, 0.05) is 24.8 Å². The van der Waals surface area contributed by atoms with Crippen LogP contribution in [0.5, 0.6) is 0 Å². The fourth-order valence-corrected chi connectivity index (χ4v) is 2.51. The second kappa shape index (κ2) is 5.26. The molecule has 1 fully saturated rings. The average Bonchev–Trinajstić information content (AvgIpc) is 2.85. The van der Waals surface area contributed by atoms with Crippen LogP contribution in [-0.2, 0) is 11.3 Å². The van der Waals surface area contributed by atoms with Crippen LogP contribution in [0.2, 0.25) is 0 Å². The van der Waals surface area contributed by atoms with E-state index >= 15 is 0 Å². The number of nitrogens with zero attached hydrogens (tertiary/aromatic N) is 4. The van der Waals surface area contributed by atoms with Gasteiger partial charge in [0.05, 0.1) is 6.54 Å². The Bertz CT molecular complexity index is 367. The summed E-state index contributed by atoms with van der Waals surface area (Å²) in [5.41, 5.74) is 5.44. The van der Waals surface area contributed by atoms with Crippen LogP contribution in [0.15, 0.2) is 5.16 Å². The highest BCUT2D eigenvalue weighted by Gasteiger charge is 2.21. The van der Waals surface area contributed by atoms with Crippen LogP contribution in [0.25, 0.3) is 0 Å². The standard InChI is InChI=1S/C8H14N6OS/c9-3-4-14-8(11-12-13-14)16-5-6-1-2-7(15)10-6/h6H,1-5,9H2,(H,10,15). The second-order valence-corrected chi connectivity index (χ2v) is 4.57. The third-order valence-corrected chi connectivity index (χ3v) is 3.46. The number of aromatic nitrogens is 4. The van der Waals surface area contributed by atoms with Crippen LogP contribution in [-0.4, -0.2) is 44.5 Å². The molecule has 0 bridgehead atoms. The maximum absolute atomic E-state index is 11.0. The molecule has 0 aliphatic carbocycles. The number of thioether (sulfide) groups is 1. The Morgan fingerprint density at radius 2 is 2.50 bits per heavy atom. The van der Waals surface area contributed by atoms with Gasteiger partial charge in [-0.05, 0) is 16.8 Å². The highest BCUT2D eigenvalue weighted by Crippen LogP contribution is 2.18. The maximum atomic E-state index is 11.0. The summed E-state index contributed by atoms with van der Waals surface area (Å²) in [6.45, 7) is 1.13. The van der Waals surface area contributed by atoms with Gasteiger partial charge < -0.3 is 11.1 Å². The van der Waals surface area contributed by atoms with Crippen LogP contribution >= 0.6 is 11.8 Å². The Balaban J connectivity index is 1.84. The van der Waals surface area contributed by atoms with E-state index in [0.717, 1.165) is 17.3 Å². The lowest BCUT2D eigenvalue weighted by atomic mass is 10.2. The Hall–Kier alpha value is -1.15. The Labute approximate surface area is 97.1 Å². The highest BCUT2D eigenvalue weighted by molar-refractivity contribution is 7.99. The zero-order valence-electron chi connectivity index (χ0n) is 8.80. The molecule has 88 valence electrons. The van der Waals surface area contributed by atoms with Crippen molar-refractivity contribution in [3.8, 4) is 0 Å². The van der Waals surface area contributed by atoms with E-state index in [1.807, 2.05) is 0 Å². The first kappa shape index (κ1) is 11.3. The van der Waals surface area contributed by atoms with Crippen LogP contribution in [0.3, 0.4) is 0 Å². The molecule has 0 saturated carbocycles. The fourth-order valence-electron chi connectivity index (χ4n) is 1.54. The second-order valence-electron chi connectivity index (χ2n) is 3.59. The quantitative estimate of drug-likeness (QED) is 0.643. The molecule has 1 aromatic rings. The van der Waals surface area contributed by atoms with Crippen molar-refractivity contribution in [3.05, 3.63) is 0 Å². The monoisotopic (exact) mass is 242 g/mol. The van der Waals surface area contributed by atoms with Crippen molar-refractivity contribution in [3.63, 3.8) is 0 Å². The van der Waals surface area contributed by atoms with E-state index in [1.165, 1.54) is 0 Å². The molecule has 3 N–H and O–H groups in total. The summed E-state index contributed by atoms with van der Waals surface area (Å²) in [7, 11) is 0. The van der Waals surface area contributed by atoms with Crippen molar-refractivity contribution in [2.45, 2.75) is 30.6 Å². The molecule has 0 aromatic carbocycles. The summed E-state index contributed by atoms with van der Waals surface area (Å²) in [6, 6.07) is 0.237. The van der Waals surface area contributed by atoms with E-state index in [-0.39, 0.29) is 11.9 Å². The van der Waals surface area contributed by atoms with Crippen molar-refractivity contribution in [1.29, 1.82) is 0 Å². The van der Waals surface area contributed by atoms with E-state index in [1.54, 1.807) is 16.4 Å². The SMILES string of the molecule is NCCn1nnnc1SCC1CCC(=O)N1. The van der Waals surface area contributed by atoms with Gasteiger partial charge >= 0.3 is 0 Å². The van der Waals surface area contributed by atoms with Crippen LogP contribution in [0.1, 0.15) is 12.8 Å². The first-order chi connectivity index (χ1) is 7.79. The topological polar surface area (TPSA) is 98.7 Å². The smallest absolute Gasteiger partial charge is 0.220 e. The van der Waals surface area contributed by atoms with Crippen LogP contribution in [0.4, 0.5) is 0 Å². The molecule has 16 heavy (non-hydrogen) atoms. The van der Waals surface area contributed by atoms with Crippen molar-refractivity contribution >= 4 is 17.7 Å². The number of hydrogen-bond acceptors (Lipinski definition) is 6. The first-order valence-electron chi connectivity index (χ1n) is 5.18. The predicted octanol–water partition coefficient (Wildman–Crippen LogP) is -0.998. The number of carbonyl (C=O) groups excluding carboxylic acids is 1. The predicted molar refractivity (Wildman–Crippen MR) is 58.8 cm³/mol. The van der Waals surface area contributed by atoms with E-state index in [2.05, 4.69) is 20.8 Å². The molecule has 1 unspecified atom stereocenters. The van der Waals surface area contributed by atoms with Gasteiger partial charge in [-0.15, -0.1) is 5.10 Å². The van der Waals surface area contributed by atoms with Gasteiger partial charge in [0.15, 0.2) is 0 Å². The number of carbonyl (C=O) groups is 1. The van der Waals surface area contributed by atoms with E-state index in [4.69, 9.17) is 5.73 Å². The molecule has 0 radical (unpaired) electrons. The van der Waals surface area contributed by atoms with Crippen molar-refractivity contribution in [1.82, 2.24) is 25.5 Å². The molecule has 1 saturated heterocycles. The first-order valence-corrected chi connectivity index (χ1v) is 6.16. The summed E-state index contributed by atoms with van der Waals surface area (Å²) in [4.78, 5) is 11.0. The minimum atomic E-state index is 0.132. The fraction of sp³-hybridized carbons (Fsp3) is 0.750.